The molecule has 25 heavy (non-hydrogen) atoms. The number of fused-ring (bicyclic) bond motifs is 1. The Morgan fingerprint density at radius 1 is 1.32 bits per heavy atom. The molecule has 1 aromatic heterocycles. The largest absolute Gasteiger partial charge is 0.481 e. The van der Waals surface area contributed by atoms with Crippen molar-refractivity contribution >= 4 is 22.9 Å². The maximum Gasteiger partial charge on any atom is 0.306 e. The van der Waals surface area contributed by atoms with E-state index in [1.807, 2.05) is 0 Å². The van der Waals surface area contributed by atoms with Crippen LogP contribution < -0.4 is 0 Å². The number of carboxylic acids is 1. The summed E-state index contributed by atoms with van der Waals surface area (Å²) in [6, 6.07) is 2.40. The van der Waals surface area contributed by atoms with Gasteiger partial charge in [-0.3, -0.25) is 9.59 Å². The molecule has 0 aliphatic carbocycles. The quantitative estimate of drug-likeness (QED) is 0.908. The van der Waals surface area contributed by atoms with Crippen LogP contribution in [0, 0.1) is 19.7 Å². The number of aryl methyl sites for hydroxylation is 2. The zero-order valence-corrected chi connectivity index (χ0v) is 14.0. The van der Waals surface area contributed by atoms with Crippen LogP contribution in [0.15, 0.2) is 12.1 Å². The molecule has 8 heteroatoms. The highest BCUT2D eigenvalue weighted by Crippen LogP contribution is 2.22. The van der Waals surface area contributed by atoms with Crippen LogP contribution in [0.1, 0.15) is 28.2 Å². The average molecular weight is 347 g/mol. The molecule has 1 aliphatic rings. The van der Waals surface area contributed by atoms with Crippen molar-refractivity contribution in [2.45, 2.75) is 26.4 Å². The minimum atomic E-state index is -0.993. The highest BCUT2D eigenvalue weighted by molar-refractivity contribution is 6.04. The molecule has 132 valence electrons. The predicted molar refractivity (Wildman–Crippen MR) is 86.9 cm³/mol. The fourth-order valence-electron chi connectivity index (χ4n) is 2.85. The number of carboxylic acid groups (broad SMARTS) is 1. The van der Waals surface area contributed by atoms with Crippen molar-refractivity contribution in [2.24, 2.45) is 0 Å². The molecule has 1 fully saturated rings. The van der Waals surface area contributed by atoms with E-state index < -0.39 is 23.8 Å². The minimum absolute atomic E-state index is 0.126. The number of nitrogens with zero attached hydrogens (tertiary/aromatic N) is 3. The van der Waals surface area contributed by atoms with Crippen molar-refractivity contribution in [2.75, 3.05) is 19.7 Å². The SMILES string of the molecule is Cc1nc2cc(F)cc(C(=O)N3CCOC(CC(=O)O)C3)c2nc1C. The van der Waals surface area contributed by atoms with E-state index in [9.17, 15) is 14.0 Å². The van der Waals surface area contributed by atoms with Crippen LogP contribution in [0.5, 0.6) is 0 Å². The van der Waals surface area contributed by atoms with Crippen LogP contribution in [0.3, 0.4) is 0 Å². The van der Waals surface area contributed by atoms with Gasteiger partial charge in [0.15, 0.2) is 0 Å². The third-order valence-corrected chi connectivity index (χ3v) is 4.20. The summed E-state index contributed by atoms with van der Waals surface area (Å²) in [5.41, 5.74) is 2.13. The molecule has 3 rings (SSSR count). The van der Waals surface area contributed by atoms with E-state index in [-0.39, 0.29) is 25.1 Å². The van der Waals surface area contributed by atoms with E-state index in [0.717, 1.165) is 6.07 Å². The summed E-state index contributed by atoms with van der Waals surface area (Å²) >= 11 is 0. The predicted octanol–water partition coefficient (Wildman–Crippen LogP) is 1.70. The number of rotatable bonds is 3. The van der Waals surface area contributed by atoms with E-state index in [1.165, 1.54) is 11.0 Å². The van der Waals surface area contributed by atoms with Gasteiger partial charge in [-0.15, -0.1) is 0 Å². The smallest absolute Gasteiger partial charge is 0.306 e. The van der Waals surface area contributed by atoms with Crippen LogP contribution in [0.2, 0.25) is 0 Å². The maximum absolute atomic E-state index is 14.0. The summed E-state index contributed by atoms with van der Waals surface area (Å²) in [6.45, 7) is 4.23. The molecule has 7 nitrogen and oxygen atoms in total. The van der Waals surface area contributed by atoms with Gasteiger partial charge in [0.25, 0.3) is 5.91 Å². The molecule has 2 heterocycles. The number of carbonyl (C=O) groups excluding carboxylic acids is 1. The first-order valence-corrected chi connectivity index (χ1v) is 7.92. The molecular formula is C17H18FN3O4. The van der Waals surface area contributed by atoms with Gasteiger partial charge in [0.05, 0.1) is 41.6 Å². The van der Waals surface area contributed by atoms with Gasteiger partial charge in [0.2, 0.25) is 0 Å². The lowest BCUT2D eigenvalue weighted by molar-refractivity contribution is -0.141. The fourth-order valence-corrected chi connectivity index (χ4v) is 2.85. The molecule has 2 aromatic rings. The topological polar surface area (TPSA) is 92.6 Å². The van der Waals surface area contributed by atoms with Gasteiger partial charge < -0.3 is 14.7 Å². The lowest BCUT2D eigenvalue weighted by atomic mass is 10.1. The Balaban J connectivity index is 1.96. The minimum Gasteiger partial charge on any atom is -0.481 e. The van der Waals surface area contributed by atoms with Crippen LogP contribution in [0.25, 0.3) is 11.0 Å². The average Bonchev–Trinajstić information content (AvgIpc) is 2.55. The number of benzene rings is 1. The first-order valence-electron chi connectivity index (χ1n) is 7.92. The number of hydrogen-bond donors (Lipinski definition) is 1. The lowest BCUT2D eigenvalue weighted by Crippen LogP contribution is -2.46. The Labute approximate surface area is 143 Å². The summed E-state index contributed by atoms with van der Waals surface area (Å²) in [4.78, 5) is 33.9. The van der Waals surface area contributed by atoms with Crippen molar-refractivity contribution in [1.82, 2.24) is 14.9 Å². The van der Waals surface area contributed by atoms with Crippen LogP contribution in [-0.2, 0) is 9.53 Å². The number of hydrogen-bond acceptors (Lipinski definition) is 5. The molecule has 1 amide bonds. The molecule has 1 atom stereocenters. The van der Waals surface area contributed by atoms with Crippen LogP contribution >= 0.6 is 0 Å². The molecule has 1 N–H and O–H groups in total. The molecule has 0 spiro atoms. The standard InChI is InChI=1S/C17H18FN3O4/c1-9-10(2)20-16-13(5-11(18)6-14(16)19-9)17(24)21-3-4-25-12(8-21)7-15(22)23/h5-6,12H,3-4,7-8H2,1-2H3,(H,22,23). The summed E-state index contributed by atoms with van der Waals surface area (Å²) in [5, 5.41) is 8.89. The number of amides is 1. The third-order valence-electron chi connectivity index (χ3n) is 4.20. The molecule has 0 radical (unpaired) electrons. The normalized spacial score (nSPS) is 17.7. The second-order valence-electron chi connectivity index (χ2n) is 6.06. The van der Waals surface area contributed by atoms with Gasteiger partial charge in [0, 0.05) is 19.2 Å². The number of aliphatic carboxylic acids is 1. The first kappa shape index (κ1) is 17.2. The number of halogens is 1. The van der Waals surface area contributed by atoms with Crippen molar-refractivity contribution < 1.29 is 23.8 Å². The number of ether oxygens (including phenoxy) is 1. The first-order chi connectivity index (χ1) is 11.8. The Morgan fingerprint density at radius 2 is 2.04 bits per heavy atom. The lowest BCUT2D eigenvalue weighted by Gasteiger charge is -2.32. The molecular weight excluding hydrogens is 329 g/mol. The van der Waals surface area contributed by atoms with Gasteiger partial charge >= 0.3 is 5.97 Å². The van der Waals surface area contributed by atoms with E-state index in [2.05, 4.69) is 9.97 Å². The second-order valence-corrected chi connectivity index (χ2v) is 6.06. The second kappa shape index (κ2) is 6.72. The van der Waals surface area contributed by atoms with Crippen molar-refractivity contribution in [3.05, 3.63) is 34.9 Å². The highest BCUT2D eigenvalue weighted by atomic mass is 19.1. The van der Waals surface area contributed by atoms with E-state index in [0.29, 0.717) is 29.0 Å². The van der Waals surface area contributed by atoms with Crippen LogP contribution in [-0.4, -0.2) is 57.7 Å². The van der Waals surface area contributed by atoms with E-state index >= 15 is 0 Å². The van der Waals surface area contributed by atoms with Crippen molar-refractivity contribution in [1.29, 1.82) is 0 Å². The zero-order chi connectivity index (χ0) is 18.1. The summed E-state index contributed by atoms with van der Waals surface area (Å²) in [7, 11) is 0. The molecule has 1 aromatic carbocycles. The maximum atomic E-state index is 14.0. The molecule has 0 saturated carbocycles. The van der Waals surface area contributed by atoms with Gasteiger partial charge in [-0.05, 0) is 19.9 Å². The summed E-state index contributed by atoms with van der Waals surface area (Å²) in [5.74, 6) is -1.96. The van der Waals surface area contributed by atoms with E-state index in [1.54, 1.807) is 13.8 Å². The summed E-state index contributed by atoms with van der Waals surface area (Å²) in [6.07, 6.45) is -0.767. The number of morpholine rings is 1. The highest BCUT2D eigenvalue weighted by Gasteiger charge is 2.28. The fraction of sp³-hybridized carbons (Fsp3) is 0.412. The zero-order valence-electron chi connectivity index (χ0n) is 14.0. The summed E-state index contributed by atoms with van der Waals surface area (Å²) < 4.78 is 19.3. The number of carbonyl (C=O) groups is 2. The molecule has 1 saturated heterocycles. The van der Waals surface area contributed by atoms with Gasteiger partial charge in [-0.2, -0.15) is 0 Å². The molecule has 1 aliphatic heterocycles. The van der Waals surface area contributed by atoms with Crippen LogP contribution in [0.4, 0.5) is 4.39 Å². The van der Waals surface area contributed by atoms with Gasteiger partial charge in [-0.25, -0.2) is 14.4 Å². The Hall–Kier alpha value is -2.61. The Bertz CT molecular complexity index is 855. The number of aromatic nitrogens is 2. The Morgan fingerprint density at radius 3 is 2.76 bits per heavy atom. The monoisotopic (exact) mass is 347 g/mol. The third kappa shape index (κ3) is 3.58. The van der Waals surface area contributed by atoms with Gasteiger partial charge in [-0.1, -0.05) is 0 Å². The molecule has 0 bridgehead atoms. The molecule has 1 unspecified atom stereocenters. The van der Waals surface area contributed by atoms with E-state index in [4.69, 9.17) is 9.84 Å². The van der Waals surface area contributed by atoms with Crippen molar-refractivity contribution in [3.8, 4) is 0 Å². The Kier molecular flexibility index (Phi) is 4.63. The van der Waals surface area contributed by atoms with Crippen molar-refractivity contribution in [3.63, 3.8) is 0 Å². The van der Waals surface area contributed by atoms with Gasteiger partial charge in [0.1, 0.15) is 11.3 Å².